The molecule has 6 nitrogen and oxygen atoms in total. The summed E-state index contributed by atoms with van der Waals surface area (Å²) in [6.45, 7) is 1.50. The van der Waals surface area contributed by atoms with Gasteiger partial charge in [0.2, 0.25) is 11.8 Å². The summed E-state index contributed by atoms with van der Waals surface area (Å²) in [5.74, 6) is -0.255. The fraction of sp³-hybridized carbons (Fsp3) is 0.188. The van der Waals surface area contributed by atoms with Crippen molar-refractivity contribution in [3.8, 4) is 0 Å². The predicted octanol–water partition coefficient (Wildman–Crippen LogP) is 2.31. The van der Waals surface area contributed by atoms with E-state index in [1.165, 1.54) is 13.1 Å². The number of benzene rings is 1. The Hall–Kier alpha value is -2.89. The predicted molar refractivity (Wildman–Crippen MR) is 82.6 cm³/mol. The molecule has 0 radical (unpaired) electrons. The van der Waals surface area contributed by atoms with Crippen LogP contribution in [0.15, 0.2) is 42.9 Å². The Bertz CT molecular complexity index is 722. The number of fused-ring (bicyclic) bond motifs is 1. The van der Waals surface area contributed by atoms with E-state index in [0.717, 1.165) is 11.1 Å². The van der Waals surface area contributed by atoms with E-state index in [1.54, 1.807) is 17.3 Å². The fourth-order valence-corrected chi connectivity index (χ4v) is 2.62. The molecule has 2 aromatic rings. The molecule has 0 bridgehead atoms. The number of hydrogen-bond donors (Lipinski definition) is 2. The van der Waals surface area contributed by atoms with E-state index in [0.29, 0.717) is 5.69 Å². The van der Waals surface area contributed by atoms with Crippen LogP contribution in [0, 0.1) is 0 Å². The lowest BCUT2D eigenvalue weighted by atomic mass is 9.93. The van der Waals surface area contributed by atoms with E-state index in [4.69, 9.17) is 0 Å². The molecule has 3 rings (SSSR count). The molecule has 0 saturated carbocycles. The van der Waals surface area contributed by atoms with E-state index < -0.39 is 0 Å². The molecule has 2 amide bonds. The zero-order valence-electron chi connectivity index (χ0n) is 12.1. The number of hydrogen-bond acceptors (Lipinski definition) is 3. The highest BCUT2D eigenvalue weighted by Gasteiger charge is 2.28. The third-order valence-electron chi connectivity index (χ3n) is 3.63. The molecule has 22 heavy (non-hydrogen) atoms. The highest BCUT2D eigenvalue weighted by atomic mass is 16.2. The van der Waals surface area contributed by atoms with Crippen molar-refractivity contribution in [2.24, 2.45) is 0 Å². The third kappa shape index (κ3) is 2.76. The van der Waals surface area contributed by atoms with E-state index >= 15 is 0 Å². The minimum atomic E-state index is -0.300. The van der Waals surface area contributed by atoms with Gasteiger partial charge in [0, 0.05) is 19.3 Å². The molecule has 0 saturated heterocycles. The van der Waals surface area contributed by atoms with Crippen LogP contribution in [0.3, 0.4) is 0 Å². The van der Waals surface area contributed by atoms with Crippen LogP contribution in [0.5, 0.6) is 0 Å². The van der Waals surface area contributed by atoms with Gasteiger partial charge in [-0.3, -0.25) is 14.7 Å². The van der Waals surface area contributed by atoms with Crippen molar-refractivity contribution in [1.29, 1.82) is 0 Å². The van der Waals surface area contributed by atoms with Crippen LogP contribution >= 0.6 is 0 Å². The largest absolute Gasteiger partial charge is 0.323 e. The van der Waals surface area contributed by atoms with Crippen LogP contribution in [-0.2, 0) is 9.59 Å². The average Bonchev–Trinajstić information content (AvgIpc) is 3.00. The number of nitrogens with zero attached hydrogens (tertiary/aromatic N) is 2. The van der Waals surface area contributed by atoms with Crippen LogP contribution in [0.2, 0.25) is 0 Å². The van der Waals surface area contributed by atoms with Gasteiger partial charge >= 0.3 is 0 Å². The quantitative estimate of drug-likeness (QED) is 0.912. The smallest absolute Gasteiger partial charge is 0.226 e. The Balaban J connectivity index is 1.83. The maximum Gasteiger partial charge on any atom is 0.226 e. The number of H-pyrrole nitrogens is 1. The van der Waals surface area contributed by atoms with Crippen molar-refractivity contribution in [2.75, 3.05) is 5.32 Å². The Labute approximate surface area is 127 Å². The number of carbonyl (C=O) groups is 2. The van der Waals surface area contributed by atoms with Crippen molar-refractivity contribution in [2.45, 2.75) is 19.4 Å². The Morgan fingerprint density at radius 2 is 2.18 bits per heavy atom. The molecule has 0 aliphatic carbocycles. The summed E-state index contributed by atoms with van der Waals surface area (Å²) >= 11 is 0. The molecule has 1 unspecified atom stereocenters. The van der Waals surface area contributed by atoms with E-state index in [2.05, 4.69) is 15.5 Å². The van der Waals surface area contributed by atoms with Gasteiger partial charge in [-0.1, -0.05) is 24.3 Å². The van der Waals surface area contributed by atoms with Crippen LogP contribution in [0.4, 0.5) is 5.69 Å². The van der Waals surface area contributed by atoms with Gasteiger partial charge in [0.05, 0.1) is 24.3 Å². The summed E-state index contributed by atoms with van der Waals surface area (Å²) in [7, 11) is 0. The van der Waals surface area contributed by atoms with Crippen molar-refractivity contribution < 1.29 is 9.59 Å². The van der Waals surface area contributed by atoms with Crippen molar-refractivity contribution in [3.05, 3.63) is 54.0 Å². The van der Waals surface area contributed by atoms with Crippen molar-refractivity contribution in [1.82, 2.24) is 15.1 Å². The first kappa shape index (κ1) is 14.1. The van der Waals surface area contributed by atoms with Crippen molar-refractivity contribution >= 4 is 23.6 Å². The molecule has 0 fully saturated rings. The molecule has 1 atom stereocenters. The molecular formula is C16H16N4O2. The lowest BCUT2D eigenvalue weighted by Gasteiger charge is -2.32. The average molecular weight is 296 g/mol. The lowest BCUT2D eigenvalue weighted by Crippen LogP contribution is -2.33. The van der Waals surface area contributed by atoms with Gasteiger partial charge in [-0.2, -0.15) is 5.10 Å². The SMILES string of the molecule is CC(=O)N1C=Cc2ccccc2C1CC(=O)Nc1cn[nH]c1. The Kier molecular flexibility index (Phi) is 3.74. The minimum absolute atomic E-state index is 0.0909. The second-order valence-corrected chi connectivity index (χ2v) is 5.13. The highest BCUT2D eigenvalue weighted by molar-refractivity contribution is 5.91. The van der Waals surface area contributed by atoms with Crippen LogP contribution in [0.1, 0.15) is 30.5 Å². The summed E-state index contributed by atoms with van der Waals surface area (Å²) in [6, 6.07) is 7.48. The minimum Gasteiger partial charge on any atom is -0.323 e. The first-order chi connectivity index (χ1) is 10.6. The highest BCUT2D eigenvalue weighted by Crippen LogP contribution is 2.32. The Morgan fingerprint density at radius 3 is 2.91 bits per heavy atom. The topological polar surface area (TPSA) is 78.1 Å². The summed E-state index contributed by atoms with van der Waals surface area (Å²) in [4.78, 5) is 25.7. The van der Waals surface area contributed by atoms with Gasteiger partial charge in [0.25, 0.3) is 0 Å². The number of anilines is 1. The summed E-state index contributed by atoms with van der Waals surface area (Å²) < 4.78 is 0. The second kappa shape index (κ2) is 5.85. The summed E-state index contributed by atoms with van der Waals surface area (Å²) in [6.07, 6.45) is 6.96. The van der Waals surface area contributed by atoms with Crippen LogP contribution < -0.4 is 5.32 Å². The summed E-state index contributed by atoms with van der Waals surface area (Å²) in [5, 5.41) is 9.19. The van der Waals surface area contributed by atoms with Gasteiger partial charge in [0.1, 0.15) is 0 Å². The number of aromatic nitrogens is 2. The normalized spacial score (nSPS) is 16.2. The number of amides is 2. The monoisotopic (exact) mass is 296 g/mol. The van der Waals surface area contributed by atoms with Crippen LogP contribution in [0.25, 0.3) is 6.08 Å². The van der Waals surface area contributed by atoms with Gasteiger partial charge in [-0.15, -0.1) is 0 Å². The standard InChI is InChI=1S/C16H16N4O2/c1-11(21)20-7-6-12-4-2-3-5-14(12)15(20)8-16(22)19-13-9-17-18-10-13/h2-7,9-10,15H,8H2,1H3,(H,17,18)(H,19,22). The Morgan fingerprint density at radius 1 is 1.36 bits per heavy atom. The third-order valence-corrected chi connectivity index (χ3v) is 3.63. The van der Waals surface area contributed by atoms with Crippen molar-refractivity contribution in [3.63, 3.8) is 0 Å². The van der Waals surface area contributed by atoms with E-state index in [9.17, 15) is 9.59 Å². The molecular weight excluding hydrogens is 280 g/mol. The molecule has 1 aromatic heterocycles. The first-order valence-corrected chi connectivity index (χ1v) is 7.00. The van der Waals surface area contributed by atoms with E-state index in [1.807, 2.05) is 30.3 Å². The molecule has 0 spiro atoms. The molecule has 2 N–H and O–H groups in total. The van der Waals surface area contributed by atoms with Gasteiger partial charge in [0.15, 0.2) is 0 Å². The molecule has 1 aliphatic heterocycles. The zero-order chi connectivity index (χ0) is 15.5. The number of carbonyl (C=O) groups excluding carboxylic acids is 2. The second-order valence-electron chi connectivity index (χ2n) is 5.13. The van der Waals surface area contributed by atoms with Gasteiger partial charge < -0.3 is 10.2 Å². The van der Waals surface area contributed by atoms with Crippen LogP contribution in [-0.4, -0.2) is 26.9 Å². The first-order valence-electron chi connectivity index (χ1n) is 7.00. The van der Waals surface area contributed by atoms with Gasteiger partial charge in [-0.05, 0) is 17.2 Å². The number of aromatic amines is 1. The number of nitrogens with one attached hydrogen (secondary N) is 2. The molecule has 1 aliphatic rings. The summed E-state index contributed by atoms with van der Waals surface area (Å²) in [5.41, 5.74) is 2.61. The maximum absolute atomic E-state index is 12.2. The maximum atomic E-state index is 12.2. The number of rotatable bonds is 3. The van der Waals surface area contributed by atoms with Gasteiger partial charge in [-0.25, -0.2) is 0 Å². The molecule has 1 aromatic carbocycles. The lowest BCUT2D eigenvalue weighted by molar-refractivity contribution is -0.129. The molecule has 2 heterocycles. The fourth-order valence-electron chi connectivity index (χ4n) is 2.62. The molecule has 112 valence electrons. The van der Waals surface area contributed by atoms with E-state index in [-0.39, 0.29) is 24.3 Å². The zero-order valence-corrected chi connectivity index (χ0v) is 12.1. The molecule has 6 heteroatoms.